The van der Waals surface area contributed by atoms with Crippen molar-refractivity contribution in [1.82, 2.24) is 0 Å². The molecule has 0 N–H and O–H groups in total. The molecule has 0 saturated heterocycles. The number of rotatable bonds is 7. The summed E-state index contributed by atoms with van der Waals surface area (Å²) in [5.74, 6) is 0. The van der Waals surface area contributed by atoms with Crippen LogP contribution in [0.25, 0.3) is 77.2 Å². The van der Waals surface area contributed by atoms with Gasteiger partial charge in [0.05, 0.1) is 11.4 Å². The Bertz CT molecular complexity index is 2930. The van der Waals surface area contributed by atoms with Crippen molar-refractivity contribution in [2.24, 2.45) is 0 Å². The van der Waals surface area contributed by atoms with Gasteiger partial charge in [-0.3, -0.25) is 0 Å². The molecule has 254 valence electrons. The predicted molar refractivity (Wildman–Crippen MR) is 228 cm³/mol. The summed E-state index contributed by atoms with van der Waals surface area (Å²) < 4.78 is 6.23. The third-order valence-electron chi connectivity index (χ3n) is 10.5. The number of fused-ring (bicyclic) bond motifs is 4. The lowest BCUT2D eigenvalue weighted by atomic mass is 9.94. The average Bonchev–Trinajstić information content (AvgIpc) is 3.63. The minimum absolute atomic E-state index is 0.891. The van der Waals surface area contributed by atoms with Crippen LogP contribution in [0.4, 0.5) is 17.1 Å². The van der Waals surface area contributed by atoms with Gasteiger partial charge in [0.25, 0.3) is 0 Å². The van der Waals surface area contributed by atoms with Gasteiger partial charge in [0.15, 0.2) is 0 Å². The minimum Gasteiger partial charge on any atom is -0.456 e. The van der Waals surface area contributed by atoms with Crippen LogP contribution >= 0.6 is 0 Å². The second-order valence-corrected chi connectivity index (χ2v) is 13.7. The van der Waals surface area contributed by atoms with Gasteiger partial charge >= 0.3 is 0 Å². The van der Waals surface area contributed by atoms with Crippen molar-refractivity contribution in [2.45, 2.75) is 0 Å². The standard InChI is InChI=1S/C52H35NO/c1-2-14-36(15-3-1)37-28-31-42(32-29-37)53(50-26-10-7-22-46(50)41-30-33-52-48(35-41)47-23-8-11-27-51(47)54-52)49-25-9-6-21-45(49)40-19-12-18-39(34-40)44-24-13-17-38-16-4-5-20-43(38)44/h1-35H. The van der Waals surface area contributed by atoms with Crippen LogP contribution in [-0.4, -0.2) is 0 Å². The van der Waals surface area contributed by atoms with E-state index < -0.39 is 0 Å². The molecule has 2 heteroatoms. The highest BCUT2D eigenvalue weighted by Gasteiger charge is 2.21. The Balaban J connectivity index is 1.16. The van der Waals surface area contributed by atoms with Crippen molar-refractivity contribution in [3.8, 4) is 44.5 Å². The number of para-hydroxylation sites is 3. The molecule has 10 aromatic rings. The zero-order chi connectivity index (χ0) is 35.8. The summed E-state index contributed by atoms with van der Waals surface area (Å²) in [6, 6.07) is 76.0. The maximum Gasteiger partial charge on any atom is 0.135 e. The highest BCUT2D eigenvalue weighted by molar-refractivity contribution is 6.07. The fourth-order valence-electron chi connectivity index (χ4n) is 7.89. The van der Waals surface area contributed by atoms with Gasteiger partial charge in [-0.05, 0) is 92.7 Å². The van der Waals surface area contributed by atoms with Crippen LogP contribution in [0.2, 0.25) is 0 Å². The van der Waals surface area contributed by atoms with Gasteiger partial charge < -0.3 is 9.32 Å². The van der Waals surface area contributed by atoms with Gasteiger partial charge in [-0.2, -0.15) is 0 Å². The predicted octanol–water partition coefficient (Wildman–Crippen LogP) is 14.9. The van der Waals surface area contributed by atoms with Crippen molar-refractivity contribution in [1.29, 1.82) is 0 Å². The molecule has 0 atom stereocenters. The summed E-state index contributed by atoms with van der Waals surface area (Å²) in [6.07, 6.45) is 0. The summed E-state index contributed by atoms with van der Waals surface area (Å²) in [7, 11) is 0. The van der Waals surface area contributed by atoms with Crippen LogP contribution in [0.3, 0.4) is 0 Å². The Hall–Kier alpha value is -7.16. The number of nitrogens with zero attached hydrogens (tertiary/aromatic N) is 1. The van der Waals surface area contributed by atoms with Crippen LogP contribution in [0, 0.1) is 0 Å². The van der Waals surface area contributed by atoms with Crippen molar-refractivity contribution in [3.05, 3.63) is 212 Å². The highest BCUT2D eigenvalue weighted by atomic mass is 16.3. The molecule has 0 fully saturated rings. The third kappa shape index (κ3) is 5.62. The Kier molecular flexibility index (Phi) is 7.85. The molecule has 0 aliphatic heterocycles. The van der Waals surface area contributed by atoms with Gasteiger partial charge in [-0.25, -0.2) is 0 Å². The molecule has 0 unspecified atom stereocenters. The third-order valence-corrected chi connectivity index (χ3v) is 10.5. The maximum atomic E-state index is 6.23. The van der Waals surface area contributed by atoms with E-state index in [0.29, 0.717) is 0 Å². The van der Waals surface area contributed by atoms with Crippen LogP contribution in [-0.2, 0) is 0 Å². The van der Waals surface area contributed by atoms with E-state index in [4.69, 9.17) is 4.42 Å². The molecule has 0 radical (unpaired) electrons. The molecule has 0 bridgehead atoms. The Morgan fingerprint density at radius 2 is 0.796 bits per heavy atom. The fourth-order valence-corrected chi connectivity index (χ4v) is 7.89. The second kappa shape index (κ2) is 13.4. The van der Waals surface area contributed by atoms with Gasteiger partial charge in [0.2, 0.25) is 0 Å². The first-order valence-corrected chi connectivity index (χ1v) is 18.4. The van der Waals surface area contributed by atoms with Crippen LogP contribution in [0.5, 0.6) is 0 Å². The van der Waals surface area contributed by atoms with Gasteiger partial charge in [-0.15, -0.1) is 0 Å². The molecule has 0 saturated carbocycles. The zero-order valence-corrected chi connectivity index (χ0v) is 29.6. The van der Waals surface area contributed by atoms with Crippen molar-refractivity contribution < 1.29 is 4.42 Å². The van der Waals surface area contributed by atoms with E-state index in [9.17, 15) is 0 Å². The Morgan fingerprint density at radius 3 is 1.57 bits per heavy atom. The average molecular weight is 690 g/mol. The number of anilines is 3. The lowest BCUT2D eigenvalue weighted by Crippen LogP contribution is -2.12. The molecule has 54 heavy (non-hydrogen) atoms. The van der Waals surface area contributed by atoms with E-state index in [0.717, 1.165) is 61.3 Å². The lowest BCUT2D eigenvalue weighted by molar-refractivity contribution is 0.669. The molecule has 1 heterocycles. The second-order valence-electron chi connectivity index (χ2n) is 13.7. The van der Waals surface area contributed by atoms with E-state index in [2.05, 4.69) is 205 Å². The molecule has 2 nitrogen and oxygen atoms in total. The van der Waals surface area contributed by atoms with Crippen LogP contribution in [0.15, 0.2) is 217 Å². The first kappa shape index (κ1) is 31.6. The quantitative estimate of drug-likeness (QED) is 0.166. The highest BCUT2D eigenvalue weighted by Crippen LogP contribution is 2.46. The molecule has 9 aromatic carbocycles. The molecule has 10 rings (SSSR count). The van der Waals surface area contributed by atoms with E-state index in [1.807, 2.05) is 12.1 Å². The normalized spacial score (nSPS) is 11.3. The largest absolute Gasteiger partial charge is 0.456 e. The minimum atomic E-state index is 0.891. The molecule has 0 spiro atoms. The van der Waals surface area contributed by atoms with E-state index in [1.165, 1.54) is 33.0 Å². The molecule has 0 amide bonds. The SMILES string of the molecule is c1ccc(-c2ccc(N(c3ccccc3-c3cccc(-c4cccc5ccccc45)c3)c3ccccc3-c3ccc4oc5ccccc5c4c3)cc2)cc1. The monoisotopic (exact) mass is 689 g/mol. The zero-order valence-electron chi connectivity index (χ0n) is 29.6. The maximum absolute atomic E-state index is 6.23. The number of hydrogen-bond acceptors (Lipinski definition) is 2. The smallest absolute Gasteiger partial charge is 0.135 e. The van der Waals surface area contributed by atoms with E-state index >= 15 is 0 Å². The lowest BCUT2D eigenvalue weighted by Gasteiger charge is -2.30. The summed E-state index contributed by atoms with van der Waals surface area (Å²) in [4.78, 5) is 2.42. The molecular weight excluding hydrogens is 655 g/mol. The van der Waals surface area contributed by atoms with Crippen molar-refractivity contribution in [3.63, 3.8) is 0 Å². The van der Waals surface area contributed by atoms with Crippen LogP contribution in [0.1, 0.15) is 0 Å². The first-order chi connectivity index (χ1) is 26.8. The van der Waals surface area contributed by atoms with Crippen LogP contribution < -0.4 is 4.90 Å². The van der Waals surface area contributed by atoms with Gasteiger partial charge in [0, 0.05) is 27.6 Å². The van der Waals surface area contributed by atoms with Crippen molar-refractivity contribution >= 4 is 49.8 Å². The molecule has 1 aromatic heterocycles. The topological polar surface area (TPSA) is 16.4 Å². The Morgan fingerprint density at radius 1 is 0.296 bits per heavy atom. The van der Waals surface area contributed by atoms with E-state index in [1.54, 1.807) is 0 Å². The van der Waals surface area contributed by atoms with Crippen molar-refractivity contribution in [2.75, 3.05) is 4.90 Å². The first-order valence-electron chi connectivity index (χ1n) is 18.4. The van der Waals surface area contributed by atoms with Gasteiger partial charge in [-0.1, -0.05) is 164 Å². The number of benzene rings is 9. The molecular formula is C52H35NO. The number of hydrogen-bond donors (Lipinski definition) is 0. The van der Waals surface area contributed by atoms with Gasteiger partial charge in [0.1, 0.15) is 11.2 Å². The molecule has 0 aliphatic carbocycles. The summed E-state index contributed by atoms with van der Waals surface area (Å²) >= 11 is 0. The summed E-state index contributed by atoms with van der Waals surface area (Å²) in [5.41, 5.74) is 14.4. The van der Waals surface area contributed by atoms with E-state index in [-0.39, 0.29) is 0 Å². The number of furan rings is 1. The summed E-state index contributed by atoms with van der Waals surface area (Å²) in [5, 5.41) is 4.73. The summed E-state index contributed by atoms with van der Waals surface area (Å²) in [6.45, 7) is 0. The fraction of sp³-hybridized carbons (Fsp3) is 0. The molecule has 0 aliphatic rings. The Labute approximate surface area is 314 Å².